The zero-order valence-electron chi connectivity index (χ0n) is 13.2. The van der Waals surface area contributed by atoms with E-state index in [2.05, 4.69) is 15.5 Å². The molecule has 1 aliphatic heterocycles. The smallest absolute Gasteiger partial charge is 0.308 e. The third kappa shape index (κ3) is 3.78. The van der Waals surface area contributed by atoms with Crippen LogP contribution < -0.4 is 0 Å². The highest BCUT2D eigenvalue weighted by molar-refractivity contribution is 5.69. The van der Waals surface area contributed by atoms with Gasteiger partial charge in [-0.15, -0.1) is 5.10 Å². The number of hydrogen-bond donors (Lipinski definition) is 1. The van der Waals surface area contributed by atoms with E-state index in [-0.39, 0.29) is 12.0 Å². The Morgan fingerprint density at radius 1 is 1.52 bits per heavy atom. The molecule has 0 aliphatic carbocycles. The van der Waals surface area contributed by atoms with E-state index in [9.17, 15) is 9.90 Å². The van der Waals surface area contributed by atoms with Crippen molar-refractivity contribution >= 4 is 5.97 Å². The molecule has 1 aromatic rings. The number of aromatic nitrogens is 4. The summed E-state index contributed by atoms with van der Waals surface area (Å²) in [6, 6.07) is 0. The first-order valence-corrected chi connectivity index (χ1v) is 7.35. The molecular formula is C14H24N4O3. The van der Waals surface area contributed by atoms with Crippen molar-refractivity contribution < 1.29 is 14.6 Å². The van der Waals surface area contributed by atoms with Crippen LogP contribution in [0.2, 0.25) is 0 Å². The second-order valence-corrected chi connectivity index (χ2v) is 7.17. The van der Waals surface area contributed by atoms with Crippen LogP contribution in [0.1, 0.15) is 52.8 Å². The van der Waals surface area contributed by atoms with Crippen LogP contribution in [0.3, 0.4) is 0 Å². The first-order chi connectivity index (χ1) is 9.71. The summed E-state index contributed by atoms with van der Waals surface area (Å²) in [6.45, 7) is 9.02. The van der Waals surface area contributed by atoms with Crippen molar-refractivity contribution in [2.75, 3.05) is 6.61 Å². The number of hydrogen-bond acceptors (Lipinski definition) is 5. The monoisotopic (exact) mass is 296 g/mol. The lowest BCUT2D eigenvalue weighted by atomic mass is 9.84. The Morgan fingerprint density at radius 2 is 2.24 bits per heavy atom. The molecule has 2 rings (SSSR count). The first kappa shape index (κ1) is 15.9. The summed E-state index contributed by atoms with van der Waals surface area (Å²) in [5, 5.41) is 21.2. The number of rotatable bonds is 5. The Hall–Kier alpha value is -1.50. The number of tetrazole rings is 1. The summed E-state index contributed by atoms with van der Waals surface area (Å²) < 4.78 is 7.35. The van der Waals surface area contributed by atoms with E-state index >= 15 is 0 Å². The average Bonchev–Trinajstić information content (AvgIpc) is 2.96. The maximum Gasteiger partial charge on any atom is 0.308 e. The molecule has 1 aliphatic rings. The quantitative estimate of drug-likeness (QED) is 0.891. The molecule has 2 atom stereocenters. The third-order valence-electron chi connectivity index (χ3n) is 3.83. The van der Waals surface area contributed by atoms with Gasteiger partial charge in [-0.2, -0.15) is 0 Å². The molecule has 118 valence electrons. The number of aliphatic carboxylic acids is 1. The van der Waals surface area contributed by atoms with E-state index in [0.717, 1.165) is 12.8 Å². The van der Waals surface area contributed by atoms with Crippen molar-refractivity contribution in [1.82, 2.24) is 20.2 Å². The van der Waals surface area contributed by atoms with Gasteiger partial charge in [0.05, 0.1) is 12.5 Å². The van der Waals surface area contributed by atoms with Gasteiger partial charge in [-0.3, -0.25) is 4.79 Å². The maximum absolute atomic E-state index is 11.5. The molecule has 1 N–H and O–H groups in total. The van der Waals surface area contributed by atoms with Gasteiger partial charge >= 0.3 is 5.97 Å². The van der Waals surface area contributed by atoms with E-state index in [1.54, 1.807) is 4.68 Å². The lowest BCUT2D eigenvalue weighted by Gasteiger charge is -2.25. The third-order valence-corrected chi connectivity index (χ3v) is 3.83. The zero-order valence-corrected chi connectivity index (χ0v) is 13.2. The normalized spacial score (nSPS) is 24.2. The zero-order chi connectivity index (χ0) is 15.7. The number of carboxylic acid groups (broad SMARTS) is 1. The predicted molar refractivity (Wildman–Crippen MR) is 75.6 cm³/mol. The van der Waals surface area contributed by atoms with Gasteiger partial charge in [-0.05, 0) is 42.0 Å². The molecule has 1 fully saturated rings. The van der Waals surface area contributed by atoms with Crippen molar-refractivity contribution in [2.45, 2.75) is 59.1 Å². The van der Waals surface area contributed by atoms with Crippen LogP contribution in [0.5, 0.6) is 0 Å². The van der Waals surface area contributed by atoms with Gasteiger partial charge in [0.1, 0.15) is 5.60 Å². The number of nitrogens with zero attached hydrogens (tertiary/aromatic N) is 4. The second kappa shape index (κ2) is 5.71. The van der Waals surface area contributed by atoms with Gasteiger partial charge in [0, 0.05) is 6.61 Å². The molecule has 0 aromatic carbocycles. The van der Waals surface area contributed by atoms with Crippen molar-refractivity contribution in [1.29, 1.82) is 0 Å². The van der Waals surface area contributed by atoms with Gasteiger partial charge in [0.15, 0.2) is 5.82 Å². The Kier molecular flexibility index (Phi) is 4.32. The van der Waals surface area contributed by atoms with Crippen LogP contribution >= 0.6 is 0 Å². The molecule has 7 nitrogen and oxygen atoms in total. The van der Waals surface area contributed by atoms with Crippen LogP contribution in [0, 0.1) is 11.3 Å². The molecule has 0 saturated carbocycles. The van der Waals surface area contributed by atoms with Crippen molar-refractivity contribution in [3.63, 3.8) is 0 Å². The minimum atomic E-state index is -0.816. The molecule has 1 aromatic heterocycles. The molecule has 0 bridgehead atoms. The molecule has 2 unspecified atom stereocenters. The largest absolute Gasteiger partial charge is 0.481 e. The minimum Gasteiger partial charge on any atom is -0.481 e. The highest BCUT2D eigenvalue weighted by Gasteiger charge is 2.38. The molecule has 21 heavy (non-hydrogen) atoms. The van der Waals surface area contributed by atoms with Gasteiger partial charge < -0.3 is 9.84 Å². The van der Waals surface area contributed by atoms with Crippen LogP contribution in [-0.2, 0) is 21.7 Å². The summed E-state index contributed by atoms with van der Waals surface area (Å²) >= 11 is 0. The lowest BCUT2D eigenvalue weighted by molar-refractivity contribution is -0.143. The standard InChI is InChI=1S/C14H24N4O3/c1-13(2,3)8-10(11(19)20)9-18-12(15-16-17-18)14(4)6-5-7-21-14/h10H,5-9H2,1-4H3,(H,19,20). The van der Waals surface area contributed by atoms with E-state index in [1.165, 1.54) is 0 Å². The molecule has 2 heterocycles. The first-order valence-electron chi connectivity index (χ1n) is 7.35. The molecule has 0 radical (unpaired) electrons. The van der Waals surface area contributed by atoms with Gasteiger partial charge in [-0.25, -0.2) is 4.68 Å². The summed E-state index contributed by atoms with van der Waals surface area (Å²) in [4.78, 5) is 11.5. The number of carbonyl (C=O) groups is 1. The summed E-state index contributed by atoms with van der Waals surface area (Å²) in [7, 11) is 0. The predicted octanol–water partition coefficient (Wildman–Crippen LogP) is 1.84. The summed E-state index contributed by atoms with van der Waals surface area (Å²) in [5.74, 6) is -0.707. The highest BCUT2D eigenvalue weighted by Crippen LogP contribution is 2.34. The molecule has 1 saturated heterocycles. The Morgan fingerprint density at radius 3 is 2.76 bits per heavy atom. The van der Waals surface area contributed by atoms with Crippen LogP contribution in [0.4, 0.5) is 0 Å². The SMILES string of the molecule is CC(C)(C)CC(Cn1nnnc1C1(C)CCCO1)C(=O)O. The molecule has 0 amide bonds. The Bertz CT molecular complexity index is 501. The lowest BCUT2D eigenvalue weighted by Crippen LogP contribution is -2.31. The topological polar surface area (TPSA) is 90.1 Å². The van der Waals surface area contributed by atoms with Gasteiger partial charge in [0.2, 0.25) is 0 Å². The molecular weight excluding hydrogens is 272 g/mol. The fraction of sp³-hybridized carbons (Fsp3) is 0.857. The molecule has 7 heteroatoms. The van der Waals surface area contributed by atoms with Crippen molar-refractivity contribution in [2.24, 2.45) is 11.3 Å². The van der Waals surface area contributed by atoms with Crippen molar-refractivity contribution in [3.05, 3.63) is 5.82 Å². The minimum absolute atomic E-state index is 0.0645. The maximum atomic E-state index is 11.5. The Balaban J connectivity index is 2.18. The average molecular weight is 296 g/mol. The van der Waals surface area contributed by atoms with E-state index < -0.39 is 17.5 Å². The van der Waals surface area contributed by atoms with Gasteiger partial charge in [0.25, 0.3) is 0 Å². The number of carboxylic acids is 1. The number of ether oxygens (including phenoxy) is 1. The van der Waals surface area contributed by atoms with E-state index in [0.29, 0.717) is 18.9 Å². The second-order valence-electron chi connectivity index (χ2n) is 7.17. The molecule has 0 spiro atoms. The van der Waals surface area contributed by atoms with E-state index in [4.69, 9.17) is 4.74 Å². The van der Waals surface area contributed by atoms with Crippen LogP contribution in [-0.4, -0.2) is 37.9 Å². The van der Waals surface area contributed by atoms with Crippen molar-refractivity contribution in [3.8, 4) is 0 Å². The van der Waals surface area contributed by atoms with Crippen LogP contribution in [0.15, 0.2) is 0 Å². The van der Waals surface area contributed by atoms with Crippen LogP contribution in [0.25, 0.3) is 0 Å². The summed E-state index contributed by atoms with van der Waals surface area (Å²) in [5.41, 5.74) is -0.570. The fourth-order valence-electron chi connectivity index (χ4n) is 2.84. The highest BCUT2D eigenvalue weighted by atomic mass is 16.5. The van der Waals surface area contributed by atoms with Gasteiger partial charge in [-0.1, -0.05) is 20.8 Å². The Labute approximate surface area is 124 Å². The fourth-order valence-corrected chi connectivity index (χ4v) is 2.84. The summed E-state index contributed by atoms with van der Waals surface area (Å²) in [6.07, 6.45) is 2.39. The van der Waals surface area contributed by atoms with E-state index in [1.807, 2.05) is 27.7 Å².